The number of hydrogen-bond acceptors (Lipinski definition) is 4. The van der Waals surface area contributed by atoms with Gasteiger partial charge in [-0.15, -0.1) is 0 Å². The lowest BCUT2D eigenvalue weighted by Crippen LogP contribution is -2.16. The number of nitrogen functional groups attached to an aromatic ring is 1. The second-order valence-electron chi connectivity index (χ2n) is 4.77. The third-order valence-electron chi connectivity index (χ3n) is 3.33. The lowest BCUT2D eigenvalue weighted by Gasteiger charge is -2.18. The lowest BCUT2D eigenvalue weighted by molar-refractivity contribution is 0.595. The zero-order chi connectivity index (χ0) is 14.1. The summed E-state index contributed by atoms with van der Waals surface area (Å²) in [5.74, 6) is 0. The summed E-state index contributed by atoms with van der Waals surface area (Å²) in [5, 5.41) is 0. The topological polar surface area (TPSA) is 55.3 Å². The largest absolute Gasteiger partial charge is 0.423 e. The number of aromatic nitrogens is 1. The molecule has 1 heterocycles. The fourth-order valence-electron chi connectivity index (χ4n) is 2.23. The van der Waals surface area contributed by atoms with E-state index in [9.17, 15) is 0 Å². The summed E-state index contributed by atoms with van der Waals surface area (Å²) in [6.07, 6.45) is 0. The Hall–Kier alpha value is -2.49. The minimum Gasteiger partial charge on any atom is -0.423 e. The van der Waals surface area contributed by atoms with Crippen LogP contribution < -0.4 is 10.6 Å². The molecule has 1 aromatic heterocycles. The average Bonchev–Trinajstić information content (AvgIpc) is 2.87. The molecule has 102 valence electrons. The molecule has 0 aliphatic rings. The quantitative estimate of drug-likeness (QED) is 0.732. The Kier molecular flexibility index (Phi) is 3.06. The molecule has 20 heavy (non-hydrogen) atoms. The molecule has 0 spiro atoms. The van der Waals surface area contributed by atoms with Crippen LogP contribution in [0.25, 0.3) is 11.1 Å². The summed E-state index contributed by atoms with van der Waals surface area (Å²) in [7, 11) is 0. The van der Waals surface area contributed by atoms with Gasteiger partial charge in [0.25, 0.3) is 0 Å². The Bertz CT molecular complexity index is 731. The number of anilines is 3. The number of oxazole rings is 1. The van der Waals surface area contributed by atoms with Crippen molar-refractivity contribution in [3.8, 4) is 0 Å². The molecule has 3 aromatic rings. The molecular formula is C16H17N3O. The van der Waals surface area contributed by atoms with E-state index in [1.165, 1.54) is 5.56 Å². The van der Waals surface area contributed by atoms with Gasteiger partial charge in [0.1, 0.15) is 5.52 Å². The van der Waals surface area contributed by atoms with Crippen LogP contribution in [0.1, 0.15) is 12.5 Å². The van der Waals surface area contributed by atoms with Gasteiger partial charge in [0.05, 0.1) is 5.69 Å². The summed E-state index contributed by atoms with van der Waals surface area (Å²) >= 11 is 0. The highest BCUT2D eigenvalue weighted by Crippen LogP contribution is 2.30. The number of aryl methyl sites for hydroxylation is 1. The Morgan fingerprint density at radius 3 is 2.55 bits per heavy atom. The number of nitrogens with two attached hydrogens (primary N) is 1. The Morgan fingerprint density at radius 2 is 1.90 bits per heavy atom. The van der Waals surface area contributed by atoms with Gasteiger partial charge in [-0.25, -0.2) is 0 Å². The molecule has 0 radical (unpaired) electrons. The highest BCUT2D eigenvalue weighted by atomic mass is 16.4. The summed E-state index contributed by atoms with van der Waals surface area (Å²) in [5.41, 5.74) is 10.3. The minimum absolute atomic E-state index is 0.573. The zero-order valence-corrected chi connectivity index (χ0v) is 11.6. The minimum atomic E-state index is 0.573. The van der Waals surface area contributed by atoms with Crippen molar-refractivity contribution in [2.45, 2.75) is 13.8 Å². The molecule has 0 saturated carbocycles. The molecule has 0 fully saturated rings. The normalized spacial score (nSPS) is 10.9. The Balaban J connectivity index is 2.07. The van der Waals surface area contributed by atoms with Crippen molar-refractivity contribution in [1.82, 2.24) is 4.98 Å². The van der Waals surface area contributed by atoms with Crippen LogP contribution in [0.4, 0.5) is 17.4 Å². The maximum Gasteiger partial charge on any atom is 0.303 e. The maximum absolute atomic E-state index is 5.93. The monoisotopic (exact) mass is 267 g/mol. The van der Waals surface area contributed by atoms with Gasteiger partial charge in [-0.2, -0.15) is 4.98 Å². The molecule has 0 aliphatic heterocycles. The molecule has 0 unspecified atom stereocenters. The van der Waals surface area contributed by atoms with Crippen LogP contribution in [0, 0.1) is 6.92 Å². The van der Waals surface area contributed by atoms with Gasteiger partial charge in [-0.05, 0) is 38.1 Å². The van der Waals surface area contributed by atoms with E-state index in [-0.39, 0.29) is 0 Å². The van der Waals surface area contributed by atoms with Crippen LogP contribution in [-0.4, -0.2) is 11.5 Å². The van der Waals surface area contributed by atoms with Crippen LogP contribution in [0.2, 0.25) is 0 Å². The second kappa shape index (κ2) is 4.89. The summed E-state index contributed by atoms with van der Waals surface area (Å²) in [6.45, 7) is 4.91. The third-order valence-corrected chi connectivity index (χ3v) is 3.33. The Labute approximate surface area is 117 Å². The first-order valence-corrected chi connectivity index (χ1v) is 6.68. The Morgan fingerprint density at radius 1 is 1.15 bits per heavy atom. The maximum atomic E-state index is 5.93. The van der Waals surface area contributed by atoms with E-state index in [2.05, 4.69) is 43.1 Å². The first kappa shape index (κ1) is 12.5. The van der Waals surface area contributed by atoms with Gasteiger partial charge < -0.3 is 10.2 Å². The number of rotatable bonds is 3. The van der Waals surface area contributed by atoms with Crippen LogP contribution in [0.5, 0.6) is 0 Å². The highest BCUT2D eigenvalue weighted by molar-refractivity contribution is 5.86. The van der Waals surface area contributed by atoms with Gasteiger partial charge >= 0.3 is 6.01 Å². The van der Waals surface area contributed by atoms with E-state index in [4.69, 9.17) is 10.2 Å². The standard InChI is InChI=1S/C16H17N3O/c1-3-19(12-9-7-11(2)8-10-12)16-18-15-13(17)5-4-6-14(15)20-16/h4-10H,3,17H2,1-2H3. The molecule has 2 aromatic carbocycles. The predicted molar refractivity (Wildman–Crippen MR) is 82.3 cm³/mol. The molecular weight excluding hydrogens is 250 g/mol. The van der Waals surface area contributed by atoms with Gasteiger partial charge in [0.15, 0.2) is 5.58 Å². The summed E-state index contributed by atoms with van der Waals surface area (Å²) < 4.78 is 5.82. The van der Waals surface area contributed by atoms with E-state index < -0.39 is 0 Å². The van der Waals surface area contributed by atoms with E-state index >= 15 is 0 Å². The molecule has 0 aliphatic carbocycles. The molecule has 4 nitrogen and oxygen atoms in total. The van der Waals surface area contributed by atoms with E-state index in [1.807, 2.05) is 23.1 Å². The fourth-order valence-corrected chi connectivity index (χ4v) is 2.23. The second-order valence-corrected chi connectivity index (χ2v) is 4.77. The van der Waals surface area contributed by atoms with Crippen LogP contribution in [0.3, 0.4) is 0 Å². The van der Waals surface area contributed by atoms with Crippen molar-refractivity contribution in [3.63, 3.8) is 0 Å². The molecule has 3 rings (SSSR count). The number of fused-ring (bicyclic) bond motifs is 1. The molecule has 0 amide bonds. The SMILES string of the molecule is CCN(c1ccc(C)cc1)c1nc2c(N)cccc2o1. The molecule has 4 heteroatoms. The van der Waals surface area contributed by atoms with Crippen molar-refractivity contribution in [1.29, 1.82) is 0 Å². The molecule has 0 atom stereocenters. The van der Waals surface area contributed by atoms with E-state index in [1.54, 1.807) is 0 Å². The summed E-state index contributed by atoms with van der Waals surface area (Å²) in [4.78, 5) is 6.54. The smallest absolute Gasteiger partial charge is 0.303 e. The van der Waals surface area contributed by atoms with Crippen molar-refractivity contribution in [2.24, 2.45) is 0 Å². The van der Waals surface area contributed by atoms with Gasteiger partial charge in [-0.1, -0.05) is 23.8 Å². The highest BCUT2D eigenvalue weighted by Gasteiger charge is 2.15. The number of nitrogens with zero attached hydrogens (tertiary/aromatic N) is 2. The number of para-hydroxylation sites is 1. The van der Waals surface area contributed by atoms with Crippen molar-refractivity contribution < 1.29 is 4.42 Å². The average molecular weight is 267 g/mol. The van der Waals surface area contributed by atoms with E-state index in [0.717, 1.165) is 12.2 Å². The zero-order valence-electron chi connectivity index (χ0n) is 11.6. The molecule has 0 saturated heterocycles. The van der Waals surface area contributed by atoms with Crippen molar-refractivity contribution in [3.05, 3.63) is 48.0 Å². The fraction of sp³-hybridized carbons (Fsp3) is 0.188. The van der Waals surface area contributed by atoms with Crippen LogP contribution >= 0.6 is 0 Å². The number of hydrogen-bond donors (Lipinski definition) is 1. The summed E-state index contributed by atoms with van der Waals surface area (Å²) in [6, 6.07) is 14.4. The first-order valence-electron chi connectivity index (χ1n) is 6.68. The van der Waals surface area contributed by atoms with E-state index in [0.29, 0.717) is 22.8 Å². The lowest BCUT2D eigenvalue weighted by atomic mass is 10.2. The van der Waals surface area contributed by atoms with Gasteiger partial charge in [-0.3, -0.25) is 4.90 Å². The predicted octanol–water partition coefficient (Wildman–Crippen LogP) is 3.88. The van der Waals surface area contributed by atoms with Gasteiger partial charge in [0, 0.05) is 12.2 Å². The first-order chi connectivity index (χ1) is 9.69. The van der Waals surface area contributed by atoms with Crippen molar-refractivity contribution in [2.75, 3.05) is 17.2 Å². The van der Waals surface area contributed by atoms with Crippen molar-refractivity contribution >= 4 is 28.5 Å². The number of benzene rings is 2. The molecule has 2 N–H and O–H groups in total. The van der Waals surface area contributed by atoms with Crippen LogP contribution in [0.15, 0.2) is 46.9 Å². The van der Waals surface area contributed by atoms with Crippen LogP contribution in [-0.2, 0) is 0 Å². The third kappa shape index (κ3) is 2.09. The molecule has 0 bridgehead atoms. The van der Waals surface area contributed by atoms with Gasteiger partial charge in [0.2, 0.25) is 0 Å².